The number of H-pyrrole nitrogens is 1. The maximum Gasteiger partial charge on any atom is 0.260 e. The number of sulfonamides is 1. The standard InChI is InChI=1S/C13H24N4O2S/c1-4-14-11-5-7-12(8-6-11)17(3)20(18,19)13-9-15-10(2)16-13/h9,11-12,14H,4-8H2,1-3H3,(H,15,16). The lowest BCUT2D eigenvalue weighted by atomic mass is 9.91. The van der Waals surface area contributed by atoms with E-state index in [1.807, 2.05) is 0 Å². The molecule has 1 heterocycles. The molecule has 1 aliphatic carbocycles. The molecular formula is C13H24N4O2S. The van der Waals surface area contributed by atoms with Crippen LogP contribution in [0.15, 0.2) is 11.2 Å². The van der Waals surface area contributed by atoms with Crippen LogP contribution in [0, 0.1) is 6.92 Å². The third kappa shape index (κ3) is 3.21. The number of aryl methyl sites for hydroxylation is 1. The van der Waals surface area contributed by atoms with Crippen molar-refractivity contribution >= 4 is 10.0 Å². The van der Waals surface area contributed by atoms with Crippen LogP contribution in [0.2, 0.25) is 0 Å². The van der Waals surface area contributed by atoms with E-state index in [4.69, 9.17) is 0 Å². The fourth-order valence-corrected chi connectivity index (χ4v) is 4.19. The highest BCUT2D eigenvalue weighted by Gasteiger charge is 2.32. The third-order valence-corrected chi connectivity index (χ3v) is 5.86. The van der Waals surface area contributed by atoms with E-state index in [-0.39, 0.29) is 11.1 Å². The van der Waals surface area contributed by atoms with E-state index in [2.05, 4.69) is 22.2 Å². The summed E-state index contributed by atoms with van der Waals surface area (Å²) in [5.74, 6) is 0.618. The number of nitrogens with zero attached hydrogens (tertiary/aromatic N) is 2. The lowest BCUT2D eigenvalue weighted by molar-refractivity contribution is 0.250. The number of aromatic nitrogens is 2. The largest absolute Gasteiger partial charge is 0.332 e. The Labute approximate surface area is 121 Å². The van der Waals surface area contributed by atoms with Crippen molar-refractivity contribution in [1.82, 2.24) is 19.6 Å². The van der Waals surface area contributed by atoms with Gasteiger partial charge >= 0.3 is 0 Å². The third-order valence-electron chi connectivity index (χ3n) is 4.04. The van der Waals surface area contributed by atoms with Crippen molar-refractivity contribution in [2.45, 2.75) is 56.6 Å². The van der Waals surface area contributed by atoms with Gasteiger partial charge in [0.25, 0.3) is 10.0 Å². The van der Waals surface area contributed by atoms with Gasteiger partial charge in [0.15, 0.2) is 5.03 Å². The smallest absolute Gasteiger partial charge is 0.260 e. The van der Waals surface area contributed by atoms with Gasteiger partial charge in [0.1, 0.15) is 5.82 Å². The predicted octanol–water partition coefficient (Wildman–Crippen LogP) is 1.26. The summed E-state index contributed by atoms with van der Waals surface area (Å²) in [4.78, 5) is 6.79. The molecule has 0 amide bonds. The molecule has 1 fully saturated rings. The molecule has 1 aromatic rings. The monoisotopic (exact) mass is 300 g/mol. The minimum Gasteiger partial charge on any atom is -0.332 e. The lowest BCUT2D eigenvalue weighted by Crippen LogP contribution is -2.43. The molecule has 1 aliphatic rings. The van der Waals surface area contributed by atoms with Crippen molar-refractivity contribution in [3.05, 3.63) is 12.0 Å². The van der Waals surface area contributed by atoms with Crippen molar-refractivity contribution < 1.29 is 8.42 Å². The molecule has 0 radical (unpaired) electrons. The van der Waals surface area contributed by atoms with Crippen LogP contribution in [0.1, 0.15) is 38.4 Å². The summed E-state index contributed by atoms with van der Waals surface area (Å²) < 4.78 is 26.5. The summed E-state index contributed by atoms with van der Waals surface area (Å²) in [6.45, 7) is 4.82. The molecule has 6 nitrogen and oxygen atoms in total. The average molecular weight is 300 g/mol. The maximum absolute atomic E-state index is 12.5. The van der Waals surface area contributed by atoms with Gasteiger partial charge in [-0.2, -0.15) is 4.31 Å². The molecular weight excluding hydrogens is 276 g/mol. The Kier molecular flexibility index (Phi) is 4.82. The molecule has 2 rings (SSSR count). The second-order valence-electron chi connectivity index (χ2n) is 5.42. The summed E-state index contributed by atoms with van der Waals surface area (Å²) >= 11 is 0. The van der Waals surface area contributed by atoms with Gasteiger partial charge < -0.3 is 10.3 Å². The number of nitrogens with one attached hydrogen (secondary N) is 2. The van der Waals surface area contributed by atoms with Crippen LogP contribution in [-0.2, 0) is 10.0 Å². The summed E-state index contributed by atoms with van der Waals surface area (Å²) in [5.41, 5.74) is 0. The van der Waals surface area contributed by atoms with E-state index in [1.165, 1.54) is 10.5 Å². The van der Waals surface area contributed by atoms with Crippen molar-refractivity contribution in [2.75, 3.05) is 13.6 Å². The Morgan fingerprint density at radius 1 is 1.40 bits per heavy atom. The summed E-state index contributed by atoms with van der Waals surface area (Å²) in [6, 6.07) is 0.611. The minimum absolute atomic E-state index is 0.0820. The molecule has 0 aliphatic heterocycles. The highest BCUT2D eigenvalue weighted by Crippen LogP contribution is 2.26. The normalized spacial score (nSPS) is 24.2. The molecule has 0 saturated heterocycles. The molecule has 0 atom stereocenters. The highest BCUT2D eigenvalue weighted by atomic mass is 32.2. The molecule has 2 N–H and O–H groups in total. The summed E-state index contributed by atoms with van der Waals surface area (Å²) in [7, 11) is -1.78. The van der Waals surface area contributed by atoms with Gasteiger partial charge in [-0.1, -0.05) is 6.92 Å². The highest BCUT2D eigenvalue weighted by molar-refractivity contribution is 7.89. The summed E-state index contributed by atoms with van der Waals surface area (Å²) in [6.07, 6.45) is 5.26. The number of hydrogen-bond acceptors (Lipinski definition) is 4. The van der Waals surface area contributed by atoms with Gasteiger partial charge in [-0.3, -0.25) is 0 Å². The fourth-order valence-electron chi connectivity index (χ4n) is 2.81. The molecule has 1 aromatic heterocycles. The second-order valence-corrected chi connectivity index (χ2v) is 7.38. The van der Waals surface area contributed by atoms with Crippen LogP contribution in [0.3, 0.4) is 0 Å². The Morgan fingerprint density at radius 3 is 2.55 bits per heavy atom. The van der Waals surface area contributed by atoms with Gasteiger partial charge in [0, 0.05) is 19.1 Å². The second kappa shape index (κ2) is 6.24. The van der Waals surface area contributed by atoms with Crippen LogP contribution in [0.25, 0.3) is 0 Å². The van der Waals surface area contributed by atoms with E-state index in [0.717, 1.165) is 32.2 Å². The molecule has 20 heavy (non-hydrogen) atoms. The minimum atomic E-state index is -3.45. The van der Waals surface area contributed by atoms with E-state index in [9.17, 15) is 8.42 Å². The van der Waals surface area contributed by atoms with Gasteiger partial charge in [-0.05, 0) is 39.2 Å². The quantitative estimate of drug-likeness (QED) is 0.858. The molecule has 1 saturated carbocycles. The topological polar surface area (TPSA) is 78.1 Å². The summed E-state index contributed by atoms with van der Waals surface area (Å²) in [5, 5.41) is 3.62. The zero-order valence-electron chi connectivity index (χ0n) is 12.4. The predicted molar refractivity (Wildman–Crippen MR) is 78.0 cm³/mol. The zero-order chi connectivity index (χ0) is 14.8. The first kappa shape index (κ1) is 15.5. The van der Waals surface area contributed by atoms with Crippen molar-refractivity contribution in [2.24, 2.45) is 0 Å². The van der Waals surface area contributed by atoms with Gasteiger partial charge in [-0.25, -0.2) is 13.4 Å². The Bertz CT molecular complexity index is 532. The Hall–Kier alpha value is -0.920. The first-order chi connectivity index (χ1) is 9.45. The SMILES string of the molecule is CCNC1CCC(N(C)S(=O)(=O)c2cnc(C)[nH]2)CC1. The molecule has 7 heteroatoms. The Morgan fingerprint density at radius 2 is 2.05 bits per heavy atom. The number of rotatable bonds is 5. The number of aromatic amines is 1. The number of imidazole rings is 1. The Balaban J connectivity index is 2.03. The maximum atomic E-state index is 12.5. The first-order valence-corrected chi connectivity index (χ1v) is 8.62. The van der Waals surface area contributed by atoms with Gasteiger partial charge in [-0.15, -0.1) is 0 Å². The van der Waals surface area contributed by atoms with Gasteiger partial charge in [0.2, 0.25) is 0 Å². The molecule has 0 unspecified atom stereocenters. The lowest BCUT2D eigenvalue weighted by Gasteiger charge is -2.33. The van der Waals surface area contributed by atoms with E-state index in [1.54, 1.807) is 14.0 Å². The van der Waals surface area contributed by atoms with Crippen LogP contribution in [-0.4, -0.2) is 48.4 Å². The van der Waals surface area contributed by atoms with Crippen LogP contribution >= 0.6 is 0 Å². The van der Waals surface area contributed by atoms with Crippen molar-refractivity contribution in [1.29, 1.82) is 0 Å². The van der Waals surface area contributed by atoms with Crippen molar-refractivity contribution in [3.8, 4) is 0 Å². The molecule has 114 valence electrons. The molecule has 0 bridgehead atoms. The van der Waals surface area contributed by atoms with Crippen molar-refractivity contribution in [3.63, 3.8) is 0 Å². The van der Waals surface area contributed by atoms with Crippen LogP contribution < -0.4 is 5.32 Å². The average Bonchev–Trinajstić information content (AvgIpc) is 2.86. The first-order valence-electron chi connectivity index (χ1n) is 7.18. The number of hydrogen-bond donors (Lipinski definition) is 2. The van der Waals surface area contributed by atoms with Crippen LogP contribution in [0.4, 0.5) is 0 Å². The van der Waals surface area contributed by atoms with E-state index in [0.29, 0.717) is 11.9 Å². The van der Waals surface area contributed by atoms with E-state index >= 15 is 0 Å². The van der Waals surface area contributed by atoms with Crippen LogP contribution in [0.5, 0.6) is 0 Å². The molecule has 0 spiro atoms. The zero-order valence-corrected chi connectivity index (χ0v) is 13.2. The molecule has 0 aromatic carbocycles. The van der Waals surface area contributed by atoms with E-state index < -0.39 is 10.0 Å². The van der Waals surface area contributed by atoms with Gasteiger partial charge in [0.05, 0.1) is 6.20 Å². The fraction of sp³-hybridized carbons (Fsp3) is 0.769.